The maximum Gasteiger partial charge on any atom is 0.0633 e. The van der Waals surface area contributed by atoms with Crippen molar-refractivity contribution < 1.29 is 10.2 Å². The molecule has 1 aliphatic rings. The predicted octanol–water partition coefficient (Wildman–Crippen LogP) is 0.508. The molecule has 3 nitrogen and oxygen atoms in total. The zero-order chi connectivity index (χ0) is 9.90. The summed E-state index contributed by atoms with van der Waals surface area (Å²) in [6.07, 6.45) is 3.67. The van der Waals surface area contributed by atoms with Crippen LogP contribution < -0.4 is 5.32 Å². The van der Waals surface area contributed by atoms with E-state index in [1.807, 2.05) is 6.92 Å². The van der Waals surface area contributed by atoms with E-state index < -0.39 is 5.54 Å². The normalized spacial score (nSPS) is 29.5. The Morgan fingerprint density at radius 1 is 1.31 bits per heavy atom. The van der Waals surface area contributed by atoms with E-state index in [9.17, 15) is 0 Å². The molecule has 13 heavy (non-hydrogen) atoms. The van der Waals surface area contributed by atoms with Gasteiger partial charge in [-0.25, -0.2) is 0 Å². The minimum Gasteiger partial charge on any atom is -0.394 e. The lowest BCUT2D eigenvalue weighted by molar-refractivity contribution is 0.0897. The average molecular weight is 187 g/mol. The van der Waals surface area contributed by atoms with Crippen LogP contribution in [0, 0.1) is 5.92 Å². The van der Waals surface area contributed by atoms with Crippen molar-refractivity contribution >= 4 is 0 Å². The number of aliphatic hydroxyl groups is 2. The number of aliphatic hydroxyl groups excluding tert-OH is 2. The third-order valence-corrected chi connectivity index (χ3v) is 3.09. The SMILES string of the molecule is CC1CCCC1NC(C)(CO)CO. The van der Waals surface area contributed by atoms with Crippen LogP contribution >= 0.6 is 0 Å². The van der Waals surface area contributed by atoms with Crippen molar-refractivity contribution in [3.8, 4) is 0 Å². The Morgan fingerprint density at radius 3 is 2.31 bits per heavy atom. The van der Waals surface area contributed by atoms with Crippen molar-refractivity contribution in [3.05, 3.63) is 0 Å². The van der Waals surface area contributed by atoms with Gasteiger partial charge in [-0.1, -0.05) is 13.3 Å². The zero-order valence-corrected chi connectivity index (χ0v) is 8.58. The van der Waals surface area contributed by atoms with Crippen LogP contribution in [0.2, 0.25) is 0 Å². The molecule has 3 heteroatoms. The molecule has 2 atom stereocenters. The van der Waals surface area contributed by atoms with Gasteiger partial charge in [0.25, 0.3) is 0 Å². The van der Waals surface area contributed by atoms with Gasteiger partial charge < -0.3 is 15.5 Å². The van der Waals surface area contributed by atoms with E-state index in [0.29, 0.717) is 12.0 Å². The molecule has 0 spiro atoms. The van der Waals surface area contributed by atoms with Crippen molar-refractivity contribution in [3.63, 3.8) is 0 Å². The fourth-order valence-corrected chi connectivity index (χ4v) is 1.95. The fraction of sp³-hybridized carbons (Fsp3) is 1.00. The van der Waals surface area contributed by atoms with Crippen molar-refractivity contribution in [2.75, 3.05) is 13.2 Å². The first-order chi connectivity index (χ1) is 6.11. The second kappa shape index (κ2) is 4.40. The summed E-state index contributed by atoms with van der Waals surface area (Å²) in [6.45, 7) is 4.07. The Hall–Kier alpha value is -0.120. The van der Waals surface area contributed by atoms with Gasteiger partial charge in [0.1, 0.15) is 0 Å². The molecule has 2 unspecified atom stereocenters. The molecule has 0 aliphatic heterocycles. The largest absolute Gasteiger partial charge is 0.394 e. The molecule has 1 rings (SSSR count). The van der Waals surface area contributed by atoms with E-state index in [2.05, 4.69) is 12.2 Å². The van der Waals surface area contributed by atoms with E-state index >= 15 is 0 Å². The fourth-order valence-electron chi connectivity index (χ4n) is 1.95. The Bertz CT molecular complexity index is 157. The summed E-state index contributed by atoms with van der Waals surface area (Å²) < 4.78 is 0. The zero-order valence-electron chi connectivity index (χ0n) is 8.58. The molecule has 1 fully saturated rings. The van der Waals surface area contributed by atoms with E-state index in [1.54, 1.807) is 0 Å². The summed E-state index contributed by atoms with van der Waals surface area (Å²) in [5.74, 6) is 0.664. The summed E-state index contributed by atoms with van der Waals surface area (Å²) in [5.41, 5.74) is -0.511. The van der Waals surface area contributed by atoms with Crippen molar-refractivity contribution in [1.29, 1.82) is 0 Å². The molecule has 0 heterocycles. The van der Waals surface area contributed by atoms with Crippen LogP contribution in [0.3, 0.4) is 0 Å². The smallest absolute Gasteiger partial charge is 0.0633 e. The highest BCUT2D eigenvalue weighted by Gasteiger charge is 2.31. The van der Waals surface area contributed by atoms with Gasteiger partial charge >= 0.3 is 0 Å². The number of rotatable bonds is 4. The van der Waals surface area contributed by atoms with Crippen LogP contribution in [0.5, 0.6) is 0 Å². The first-order valence-electron chi connectivity index (χ1n) is 5.11. The topological polar surface area (TPSA) is 52.5 Å². The van der Waals surface area contributed by atoms with Crippen LogP contribution in [-0.4, -0.2) is 35.0 Å². The lowest BCUT2D eigenvalue weighted by Crippen LogP contribution is -2.54. The number of nitrogens with one attached hydrogen (secondary N) is 1. The molecule has 3 N–H and O–H groups in total. The van der Waals surface area contributed by atoms with Gasteiger partial charge in [-0.3, -0.25) is 0 Å². The Balaban J connectivity index is 2.45. The van der Waals surface area contributed by atoms with Gasteiger partial charge in [-0.05, 0) is 25.7 Å². The van der Waals surface area contributed by atoms with E-state index in [-0.39, 0.29) is 13.2 Å². The molecule has 0 saturated heterocycles. The molecular weight excluding hydrogens is 166 g/mol. The van der Waals surface area contributed by atoms with Gasteiger partial charge in [-0.15, -0.1) is 0 Å². The number of hydrogen-bond acceptors (Lipinski definition) is 3. The van der Waals surface area contributed by atoms with Crippen LogP contribution in [0.15, 0.2) is 0 Å². The Kier molecular flexibility index (Phi) is 3.71. The molecule has 1 aliphatic carbocycles. The summed E-state index contributed by atoms with van der Waals surface area (Å²) in [7, 11) is 0. The highest BCUT2D eigenvalue weighted by molar-refractivity contribution is 4.90. The van der Waals surface area contributed by atoms with Crippen LogP contribution in [0.4, 0.5) is 0 Å². The minimum atomic E-state index is -0.511. The average Bonchev–Trinajstić information content (AvgIpc) is 2.52. The van der Waals surface area contributed by atoms with Crippen LogP contribution in [-0.2, 0) is 0 Å². The molecule has 0 radical (unpaired) electrons. The third kappa shape index (κ3) is 2.66. The summed E-state index contributed by atoms with van der Waals surface area (Å²) >= 11 is 0. The van der Waals surface area contributed by atoms with Crippen molar-refractivity contribution in [2.24, 2.45) is 5.92 Å². The Morgan fingerprint density at radius 2 is 1.92 bits per heavy atom. The first kappa shape index (κ1) is 11.0. The lowest BCUT2D eigenvalue weighted by atomic mass is 9.99. The lowest BCUT2D eigenvalue weighted by Gasteiger charge is -2.32. The van der Waals surface area contributed by atoms with E-state index in [1.165, 1.54) is 12.8 Å². The van der Waals surface area contributed by atoms with Crippen LogP contribution in [0.25, 0.3) is 0 Å². The molecule has 78 valence electrons. The monoisotopic (exact) mass is 187 g/mol. The van der Waals surface area contributed by atoms with Crippen molar-refractivity contribution in [1.82, 2.24) is 5.32 Å². The standard InChI is InChI=1S/C10H21NO2/c1-8-4-3-5-9(8)11-10(2,6-12)7-13/h8-9,11-13H,3-7H2,1-2H3. The highest BCUT2D eigenvalue weighted by Crippen LogP contribution is 2.26. The summed E-state index contributed by atoms with van der Waals surface area (Å²) in [6, 6.07) is 0.462. The van der Waals surface area contributed by atoms with Gasteiger partial charge in [0.2, 0.25) is 0 Å². The minimum absolute atomic E-state index is 0.00722. The van der Waals surface area contributed by atoms with E-state index in [4.69, 9.17) is 10.2 Å². The first-order valence-corrected chi connectivity index (χ1v) is 5.11. The molecule has 0 aromatic heterocycles. The molecule has 0 bridgehead atoms. The molecule has 1 saturated carbocycles. The Labute approximate surface area is 80.2 Å². The summed E-state index contributed by atoms with van der Waals surface area (Å²) in [5, 5.41) is 21.6. The van der Waals surface area contributed by atoms with E-state index in [0.717, 1.165) is 6.42 Å². The molecular formula is C10H21NO2. The van der Waals surface area contributed by atoms with Crippen molar-refractivity contribution in [2.45, 2.75) is 44.7 Å². The molecule has 0 amide bonds. The molecule has 0 aromatic rings. The highest BCUT2D eigenvalue weighted by atomic mass is 16.3. The summed E-state index contributed by atoms with van der Waals surface area (Å²) in [4.78, 5) is 0. The third-order valence-electron chi connectivity index (χ3n) is 3.09. The predicted molar refractivity (Wildman–Crippen MR) is 52.5 cm³/mol. The quantitative estimate of drug-likeness (QED) is 0.601. The number of hydrogen-bond donors (Lipinski definition) is 3. The maximum atomic E-state index is 9.11. The van der Waals surface area contributed by atoms with Gasteiger partial charge in [0.05, 0.1) is 18.8 Å². The second-order valence-electron chi connectivity index (χ2n) is 4.54. The molecule has 0 aromatic carbocycles. The second-order valence-corrected chi connectivity index (χ2v) is 4.54. The van der Waals surface area contributed by atoms with Crippen LogP contribution in [0.1, 0.15) is 33.1 Å². The van der Waals surface area contributed by atoms with Gasteiger partial charge in [0, 0.05) is 6.04 Å². The maximum absolute atomic E-state index is 9.11. The van der Waals surface area contributed by atoms with Gasteiger partial charge in [-0.2, -0.15) is 0 Å². The van der Waals surface area contributed by atoms with Gasteiger partial charge in [0.15, 0.2) is 0 Å².